The fourth-order valence-corrected chi connectivity index (χ4v) is 1.88. The molecule has 1 unspecified atom stereocenters. The van der Waals surface area contributed by atoms with Crippen molar-refractivity contribution in [2.75, 3.05) is 20.2 Å². The molecule has 0 aromatic rings. The number of hydrogen-bond acceptors (Lipinski definition) is 3. The minimum Gasteiger partial charge on any atom is -0.381 e. The van der Waals surface area contributed by atoms with Gasteiger partial charge in [0, 0.05) is 19.2 Å². The maximum atomic E-state index is 5.23. The van der Waals surface area contributed by atoms with Crippen LogP contribution in [0.5, 0.6) is 0 Å². The van der Waals surface area contributed by atoms with Gasteiger partial charge in [-0.3, -0.25) is 0 Å². The highest BCUT2D eigenvalue weighted by Gasteiger charge is 2.27. The summed E-state index contributed by atoms with van der Waals surface area (Å²) in [5.74, 6) is 0. The standard InChI is InChI=1S/C11H24N2O/c1-4-12-9(2)5-6-13-10-7-11(8-10)14-3/h9-13H,4-8H2,1-3H3. The lowest BCUT2D eigenvalue weighted by Gasteiger charge is -2.35. The third kappa shape index (κ3) is 3.95. The molecule has 1 saturated carbocycles. The van der Waals surface area contributed by atoms with Gasteiger partial charge in [0.2, 0.25) is 0 Å². The quantitative estimate of drug-likeness (QED) is 0.646. The lowest BCUT2D eigenvalue weighted by Crippen LogP contribution is -2.46. The highest BCUT2D eigenvalue weighted by molar-refractivity contribution is 4.85. The summed E-state index contributed by atoms with van der Waals surface area (Å²) in [4.78, 5) is 0. The molecule has 14 heavy (non-hydrogen) atoms. The molecule has 3 heteroatoms. The Morgan fingerprint density at radius 1 is 1.43 bits per heavy atom. The van der Waals surface area contributed by atoms with E-state index in [-0.39, 0.29) is 0 Å². The first-order chi connectivity index (χ1) is 6.76. The van der Waals surface area contributed by atoms with Crippen LogP contribution in [0.2, 0.25) is 0 Å². The topological polar surface area (TPSA) is 33.3 Å². The van der Waals surface area contributed by atoms with E-state index < -0.39 is 0 Å². The second kappa shape index (κ2) is 6.38. The van der Waals surface area contributed by atoms with E-state index in [0.717, 1.165) is 13.1 Å². The Morgan fingerprint density at radius 3 is 2.71 bits per heavy atom. The van der Waals surface area contributed by atoms with Crippen molar-refractivity contribution in [1.82, 2.24) is 10.6 Å². The molecule has 84 valence electrons. The van der Waals surface area contributed by atoms with Crippen LogP contribution in [0.1, 0.15) is 33.1 Å². The Morgan fingerprint density at radius 2 is 2.14 bits per heavy atom. The zero-order valence-electron chi connectivity index (χ0n) is 9.68. The fraction of sp³-hybridized carbons (Fsp3) is 1.00. The van der Waals surface area contributed by atoms with E-state index in [1.165, 1.54) is 19.3 Å². The van der Waals surface area contributed by atoms with E-state index in [2.05, 4.69) is 24.5 Å². The molecule has 1 aliphatic carbocycles. The smallest absolute Gasteiger partial charge is 0.0601 e. The fourth-order valence-electron chi connectivity index (χ4n) is 1.88. The van der Waals surface area contributed by atoms with Crippen LogP contribution < -0.4 is 10.6 Å². The Labute approximate surface area is 87.6 Å². The van der Waals surface area contributed by atoms with Crippen LogP contribution in [-0.2, 0) is 4.74 Å². The summed E-state index contributed by atoms with van der Waals surface area (Å²) in [6, 6.07) is 1.33. The van der Waals surface area contributed by atoms with Crippen LogP contribution in [0, 0.1) is 0 Å². The van der Waals surface area contributed by atoms with E-state index >= 15 is 0 Å². The van der Waals surface area contributed by atoms with Crippen LogP contribution in [0.25, 0.3) is 0 Å². The van der Waals surface area contributed by atoms with Crippen molar-refractivity contribution in [2.45, 2.75) is 51.3 Å². The molecule has 2 N–H and O–H groups in total. The van der Waals surface area contributed by atoms with Gasteiger partial charge in [-0.2, -0.15) is 0 Å². The molecule has 1 rings (SSSR count). The monoisotopic (exact) mass is 200 g/mol. The molecule has 0 aliphatic heterocycles. The Hall–Kier alpha value is -0.120. The molecule has 0 saturated heterocycles. The van der Waals surface area contributed by atoms with Crippen LogP contribution in [0.15, 0.2) is 0 Å². The van der Waals surface area contributed by atoms with Crippen LogP contribution in [0.3, 0.4) is 0 Å². The summed E-state index contributed by atoms with van der Waals surface area (Å²) in [6.07, 6.45) is 4.10. The van der Waals surface area contributed by atoms with Crippen LogP contribution in [-0.4, -0.2) is 38.4 Å². The lowest BCUT2D eigenvalue weighted by molar-refractivity contribution is 0.0174. The predicted octanol–water partition coefficient (Wildman–Crippen LogP) is 1.14. The van der Waals surface area contributed by atoms with Gasteiger partial charge >= 0.3 is 0 Å². The maximum Gasteiger partial charge on any atom is 0.0601 e. The predicted molar refractivity (Wildman–Crippen MR) is 59.6 cm³/mol. The molecule has 1 fully saturated rings. The molecule has 0 amide bonds. The summed E-state index contributed by atoms with van der Waals surface area (Å²) in [5.41, 5.74) is 0. The Balaban J connectivity index is 1.90. The van der Waals surface area contributed by atoms with Crippen molar-refractivity contribution in [3.63, 3.8) is 0 Å². The van der Waals surface area contributed by atoms with Crippen molar-refractivity contribution in [3.05, 3.63) is 0 Å². The third-order valence-electron chi connectivity index (χ3n) is 2.99. The summed E-state index contributed by atoms with van der Waals surface area (Å²) >= 11 is 0. The number of nitrogens with one attached hydrogen (secondary N) is 2. The van der Waals surface area contributed by atoms with Gasteiger partial charge in [-0.1, -0.05) is 6.92 Å². The zero-order valence-corrected chi connectivity index (χ0v) is 9.68. The largest absolute Gasteiger partial charge is 0.381 e. The maximum absolute atomic E-state index is 5.23. The number of ether oxygens (including phenoxy) is 1. The van der Waals surface area contributed by atoms with Crippen molar-refractivity contribution in [2.24, 2.45) is 0 Å². The third-order valence-corrected chi connectivity index (χ3v) is 2.99. The SMILES string of the molecule is CCNC(C)CCNC1CC(OC)C1. The van der Waals surface area contributed by atoms with Gasteiger partial charge in [0.1, 0.15) is 0 Å². The van der Waals surface area contributed by atoms with Gasteiger partial charge in [0.25, 0.3) is 0 Å². The first kappa shape index (κ1) is 12.0. The molecule has 0 aromatic heterocycles. The molecular formula is C11H24N2O. The normalized spacial score (nSPS) is 28.5. The molecule has 3 nitrogen and oxygen atoms in total. The summed E-state index contributed by atoms with van der Waals surface area (Å²) in [7, 11) is 1.80. The van der Waals surface area contributed by atoms with Crippen LogP contribution >= 0.6 is 0 Å². The lowest BCUT2D eigenvalue weighted by atomic mass is 9.89. The van der Waals surface area contributed by atoms with Crippen LogP contribution in [0.4, 0.5) is 0 Å². The van der Waals surface area contributed by atoms with E-state index in [1.807, 2.05) is 0 Å². The van der Waals surface area contributed by atoms with Gasteiger partial charge < -0.3 is 15.4 Å². The second-order valence-electron chi connectivity index (χ2n) is 4.23. The molecule has 0 bridgehead atoms. The molecular weight excluding hydrogens is 176 g/mol. The van der Waals surface area contributed by atoms with Crippen molar-refractivity contribution < 1.29 is 4.74 Å². The average Bonchev–Trinajstić information content (AvgIpc) is 2.09. The van der Waals surface area contributed by atoms with Crippen molar-refractivity contribution in [3.8, 4) is 0 Å². The minimum absolute atomic E-state index is 0.513. The highest BCUT2D eigenvalue weighted by atomic mass is 16.5. The van der Waals surface area contributed by atoms with Gasteiger partial charge in [0.05, 0.1) is 6.10 Å². The van der Waals surface area contributed by atoms with Gasteiger partial charge in [-0.25, -0.2) is 0 Å². The van der Waals surface area contributed by atoms with Crippen molar-refractivity contribution in [1.29, 1.82) is 0 Å². The van der Waals surface area contributed by atoms with Crippen molar-refractivity contribution >= 4 is 0 Å². The number of methoxy groups -OCH3 is 1. The van der Waals surface area contributed by atoms with Gasteiger partial charge in [-0.15, -0.1) is 0 Å². The highest BCUT2D eigenvalue weighted by Crippen LogP contribution is 2.22. The molecule has 1 aliphatic rings. The molecule has 1 atom stereocenters. The van der Waals surface area contributed by atoms with E-state index in [1.54, 1.807) is 7.11 Å². The second-order valence-corrected chi connectivity index (χ2v) is 4.23. The minimum atomic E-state index is 0.513. The molecule has 0 heterocycles. The first-order valence-corrected chi connectivity index (χ1v) is 5.75. The summed E-state index contributed by atoms with van der Waals surface area (Å²) in [5, 5.41) is 6.96. The first-order valence-electron chi connectivity index (χ1n) is 5.75. The molecule has 0 radical (unpaired) electrons. The Bertz CT molecular complexity index is 146. The average molecular weight is 200 g/mol. The summed E-state index contributed by atoms with van der Waals surface area (Å²) in [6.45, 7) is 6.58. The van der Waals surface area contributed by atoms with E-state index in [0.29, 0.717) is 18.2 Å². The zero-order chi connectivity index (χ0) is 10.4. The molecule has 0 spiro atoms. The van der Waals surface area contributed by atoms with Gasteiger partial charge in [-0.05, 0) is 39.3 Å². The molecule has 0 aromatic carbocycles. The Kier molecular flexibility index (Phi) is 5.45. The van der Waals surface area contributed by atoms with E-state index in [4.69, 9.17) is 4.74 Å². The number of rotatable bonds is 7. The number of hydrogen-bond donors (Lipinski definition) is 2. The van der Waals surface area contributed by atoms with Gasteiger partial charge in [0.15, 0.2) is 0 Å². The summed E-state index contributed by atoms with van der Waals surface area (Å²) < 4.78 is 5.23. The van der Waals surface area contributed by atoms with E-state index in [9.17, 15) is 0 Å².